The molecule has 1 aliphatic heterocycles. The van der Waals surface area contributed by atoms with Crippen molar-refractivity contribution in [1.29, 1.82) is 0 Å². The van der Waals surface area contributed by atoms with Crippen molar-refractivity contribution in [3.05, 3.63) is 29.6 Å². The molecule has 0 atom stereocenters. The summed E-state index contributed by atoms with van der Waals surface area (Å²) >= 11 is 0. The van der Waals surface area contributed by atoms with Gasteiger partial charge in [0.05, 0.1) is 5.69 Å². The second kappa shape index (κ2) is 3.46. The normalized spacial score (nSPS) is 16.4. The Kier molecular flexibility index (Phi) is 2.40. The van der Waals surface area contributed by atoms with E-state index in [4.69, 9.17) is 0 Å². The summed E-state index contributed by atoms with van der Waals surface area (Å²) in [5.74, 6) is -0.343. The van der Waals surface area contributed by atoms with Gasteiger partial charge in [0, 0.05) is 13.1 Å². The second-order valence-corrected chi connectivity index (χ2v) is 5.14. The third-order valence-electron chi connectivity index (χ3n) is 2.15. The van der Waals surface area contributed by atoms with E-state index in [0.29, 0.717) is 24.3 Å². The lowest BCUT2D eigenvalue weighted by Gasteiger charge is -2.08. The summed E-state index contributed by atoms with van der Waals surface area (Å²) in [6.45, 7) is 2.69. The molecule has 1 saturated heterocycles. The topological polar surface area (TPSA) is 49.2 Å². The number of nitrogens with one attached hydrogen (secondary N) is 1. The number of rotatable bonds is 3. The molecule has 1 aromatic carbocycles. The van der Waals surface area contributed by atoms with Crippen molar-refractivity contribution in [2.45, 2.75) is 6.92 Å². The molecule has 0 spiro atoms. The minimum absolute atomic E-state index is 0.343. The third-order valence-corrected chi connectivity index (χ3v) is 3.69. The highest BCUT2D eigenvalue weighted by molar-refractivity contribution is 7.90. The number of benzene rings is 1. The average molecular weight is 230 g/mol. The Bertz CT molecular complexity index is 483. The van der Waals surface area contributed by atoms with Crippen LogP contribution < -0.4 is 4.72 Å². The first-order chi connectivity index (χ1) is 6.99. The Balaban J connectivity index is 2.21. The third kappa shape index (κ3) is 2.27. The van der Waals surface area contributed by atoms with E-state index in [1.807, 2.05) is 0 Å². The summed E-state index contributed by atoms with van der Waals surface area (Å²) < 4.78 is 39.6. The average Bonchev–Trinajstić information content (AvgIpc) is 2.93. The minimum Gasteiger partial charge on any atom is -0.271 e. The molecular weight excluding hydrogens is 219 g/mol. The van der Waals surface area contributed by atoms with E-state index in [1.54, 1.807) is 6.92 Å². The Morgan fingerprint density at radius 2 is 2.07 bits per heavy atom. The van der Waals surface area contributed by atoms with E-state index >= 15 is 0 Å². The molecule has 0 amide bonds. The molecule has 0 aromatic heterocycles. The van der Waals surface area contributed by atoms with Gasteiger partial charge in [-0.1, -0.05) is 0 Å². The molecule has 0 aliphatic carbocycles. The first-order valence-corrected chi connectivity index (χ1v) is 5.97. The van der Waals surface area contributed by atoms with Crippen LogP contribution in [0.15, 0.2) is 18.2 Å². The molecular formula is C9H11FN2O2S. The number of hydrogen-bond acceptors (Lipinski definition) is 2. The molecule has 1 fully saturated rings. The molecule has 1 aromatic rings. The summed E-state index contributed by atoms with van der Waals surface area (Å²) in [5, 5.41) is 0. The van der Waals surface area contributed by atoms with Crippen molar-refractivity contribution in [3.8, 4) is 0 Å². The lowest BCUT2D eigenvalue weighted by molar-refractivity contribution is 0.569. The molecule has 6 heteroatoms. The summed E-state index contributed by atoms with van der Waals surface area (Å²) in [6.07, 6.45) is 0. The van der Waals surface area contributed by atoms with Gasteiger partial charge in [0.2, 0.25) is 0 Å². The zero-order chi connectivity index (χ0) is 11.1. The van der Waals surface area contributed by atoms with Crippen molar-refractivity contribution >= 4 is 15.9 Å². The van der Waals surface area contributed by atoms with Gasteiger partial charge < -0.3 is 0 Å². The van der Waals surface area contributed by atoms with Gasteiger partial charge in [-0.25, -0.2) is 4.39 Å². The maximum absolute atomic E-state index is 12.9. The van der Waals surface area contributed by atoms with Crippen LogP contribution in [-0.2, 0) is 10.2 Å². The summed E-state index contributed by atoms with van der Waals surface area (Å²) in [5.41, 5.74) is 0.807. The number of anilines is 1. The zero-order valence-corrected chi connectivity index (χ0v) is 9.01. The molecule has 4 nitrogen and oxygen atoms in total. The molecule has 0 unspecified atom stereocenters. The Labute approximate surface area is 87.9 Å². The van der Waals surface area contributed by atoms with Crippen LogP contribution in [0.1, 0.15) is 5.56 Å². The summed E-state index contributed by atoms with van der Waals surface area (Å²) in [6, 6.07) is 4.12. The van der Waals surface area contributed by atoms with Gasteiger partial charge >= 0.3 is 10.2 Å². The van der Waals surface area contributed by atoms with Crippen LogP contribution in [0.5, 0.6) is 0 Å². The van der Waals surface area contributed by atoms with E-state index in [0.717, 1.165) is 0 Å². The lowest BCUT2D eigenvalue weighted by atomic mass is 10.2. The Morgan fingerprint density at radius 3 is 2.60 bits per heavy atom. The van der Waals surface area contributed by atoms with Gasteiger partial charge in [-0.15, -0.1) is 0 Å². The van der Waals surface area contributed by atoms with Crippen molar-refractivity contribution in [3.63, 3.8) is 0 Å². The van der Waals surface area contributed by atoms with Gasteiger partial charge in [-0.3, -0.25) is 4.72 Å². The fourth-order valence-corrected chi connectivity index (χ4v) is 2.32. The van der Waals surface area contributed by atoms with Crippen LogP contribution in [0.4, 0.5) is 10.1 Å². The maximum Gasteiger partial charge on any atom is 0.301 e. The smallest absolute Gasteiger partial charge is 0.271 e. The molecule has 2 rings (SSSR count). The van der Waals surface area contributed by atoms with Crippen molar-refractivity contribution in [2.75, 3.05) is 17.8 Å². The molecule has 82 valence electrons. The van der Waals surface area contributed by atoms with E-state index in [-0.39, 0.29) is 5.82 Å². The fraction of sp³-hybridized carbons (Fsp3) is 0.333. The molecule has 1 N–H and O–H groups in total. The minimum atomic E-state index is -3.41. The quantitative estimate of drug-likeness (QED) is 0.791. The first-order valence-electron chi connectivity index (χ1n) is 4.53. The van der Waals surface area contributed by atoms with Crippen molar-refractivity contribution < 1.29 is 12.8 Å². The molecule has 15 heavy (non-hydrogen) atoms. The van der Waals surface area contributed by atoms with Crippen molar-refractivity contribution in [2.24, 2.45) is 0 Å². The monoisotopic (exact) mass is 230 g/mol. The highest BCUT2D eigenvalue weighted by Gasteiger charge is 2.31. The standard InChI is InChI=1S/C9H11FN2O2S/c1-7-6-8(2-3-9(7)10)11-15(13,14)12-4-5-12/h2-3,6,11H,4-5H2,1H3. The Morgan fingerprint density at radius 1 is 1.40 bits per heavy atom. The predicted octanol–water partition coefficient (Wildman–Crippen LogP) is 1.11. The Hall–Kier alpha value is -1.14. The lowest BCUT2D eigenvalue weighted by Crippen LogP contribution is -2.20. The molecule has 0 radical (unpaired) electrons. The molecule has 1 aliphatic rings. The highest BCUT2D eigenvalue weighted by Crippen LogP contribution is 2.18. The van der Waals surface area contributed by atoms with Gasteiger partial charge in [-0.2, -0.15) is 12.7 Å². The number of aryl methyl sites for hydroxylation is 1. The summed E-state index contributed by atoms with van der Waals surface area (Å²) in [4.78, 5) is 0. The number of hydrogen-bond donors (Lipinski definition) is 1. The van der Waals surface area contributed by atoms with E-state index < -0.39 is 10.2 Å². The van der Waals surface area contributed by atoms with Crippen molar-refractivity contribution in [1.82, 2.24) is 4.31 Å². The van der Waals surface area contributed by atoms with Gasteiger partial charge in [-0.05, 0) is 30.7 Å². The van der Waals surface area contributed by atoms with Crippen LogP contribution in [0.25, 0.3) is 0 Å². The first kappa shape index (κ1) is 10.4. The SMILES string of the molecule is Cc1cc(NS(=O)(=O)N2CC2)ccc1F. The molecule has 1 heterocycles. The van der Waals surface area contributed by atoms with E-state index in [1.165, 1.54) is 22.5 Å². The predicted molar refractivity (Wildman–Crippen MR) is 55.3 cm³/mol. The highest BCUT2D eigenvalue weighted by atomic mass is 32.2. The van der Waals surface area contributed by atoms with E-state index in [9.17, 15) is 12.8 Å². The fourth-order valence-electron chi connectivity index (χ4n) is 1.20. The second-order valence-electron chi connectivity index (χ2n) is 3.47. The van der Waals surface area contributed by atoms with Crippen LogP contribution in [0.2, 0.25) is 0 Å². The molecule has 0 saturated carbocycles. The van der Waals surface area contributed by atoms with Crippen LogP contribution in [0, 0.1) is 12.7 Å². The molecule has 0 bridgehead atoms. The van der Waals surface area contributed by atoms with Crippen LogP contribution in [-0.4, -0.2) is 25.8 Å². The summed E-state index contributed by atoms with van der Waals surface area (Å²) in [7, 11) is -3.41. The number of nitrogens with zero attached hydrogens (tertiary/aromatic N) is 1. The van der Waals surface area contributed by atoms with E-state index in [2.05, 4.69) is 4.72 Å². The van der Waals surface area contributed by atoms with Gasteiger partial charge in [0.15, 0.2) is 0 Å². The largest absolute Gasteiger partial charge is 0.301 e. The van der Waals surface area contributed by atoms with Gasteiger partial charge in [0.25, 0.3) is 0 Å². The number of halogens is 1. The van der Waals surface area contributed by atoms with Gasteiger partial charge in [0.1, 0.15) is 5.82 Å². The maximum atomic E-state index is 12.9. The zero-order valence-electron chi connectivity index (χ0n) is 8.20. The van der Waals surface area contributed by atoms with Crippen LogP contribution in [0.3, 0.4) is 0 Å². The van der Waals surface area contributed by atoms with Crippen LogP contribution >= 0.6 is 0 Å².